The van der Waals surface area contributed by atoms with E-state index in [1.54, 1.807) is 0 Å². The number of unbranched alkanes of at least 4 members (excludes halogenated alkanes) is 7. The molecule has 0 aliphatic heterocycles. The van der Waals surface area contributed by atoms with Crippen molar-refractivity contribution >= 4 is 23.5 Å². The van der Waals surface area contributed by atoms with Gasteiger partial charge in [-0.05, 0) is 30.5 Å². The average molecular weight is 411 g/mol. The van der Waals surface area contributed by atoms with Crippen LogP contribution in [-0.2, 0) is 25.5 Å². The highest BCUT2D eigenvalue weighted by Gasteiger charge is 2.07. The zero-order valence-corrected chi connectivity index (χ0v) is 18.0. The number of carbonyl (C=O) groups excluding carboxylic acids is 2. The number of benzene rings is 1. The van der Waals surface area contributed by atoms with E-state index in [4.69, 9.17) is 21.1 Å². The number of hydrogen-bond acceptors (Lipinski definition) is 4. The monoisotopic (exact) mass is 410 g/mol. The van der Waals surface area contributed by atoms with Gasteiger partial charge in [-0.3, -0.25) is 9.59 Å². The van der Waals surface area contributed by atoms with Crippen LogP contribution in [0, 0.1) is 0 Å². The summed E-state index contributed by atoms with van der Waals surface area (Å²) in [5.41, 5.74) is 1.03. The molecule has 0 fully saturated rings. The van der Waals surface area contributed by atoms with Crippen LogP contribution in [0.15, 0.2) is 24.3 Å². The van der Waals surface area contributed by atoms with Gasteiger partial charge in [0.05, 0.1) is 13.2 Å². The van der Waals surface area contributed by atoms with Crippen LogP contribution in [0.5, 0.6) is 0 Å². The van der Waals surface area contributed by atoms with Crippen molar-refractivity contribution in [1.82, 2.24) is 0 Å². The van der Waals surface area contributed by atoms with E-state index in [9.17, 15) is 9.59 Å². The summed E-state index contributed by atoms with van der Waals surface area (Å²) in [7, 11) is 0. The minimum atomic E-state index is -0.280. The van der Waals surface area contributed by atoms with Crippen LogP contribution in [0.1, 0.15) is 83.1 Å². The summed E-state index contributed by atoms with van der Waals surface area (Å²) >= 11 is 5.92. The SMILES string of the molecule is CCCCCCCCCCOC(=O)CCCC(=O)OCCc1cccc(Cl)c1. The van der Waals surface area contributed by atoms with E-state index in [2.05, 4.69) is 6.92 Å². The summed E-state index contributed by atoms with van der Waals surface area (Å²) in [6, 6.07) is 7.49. The molecule has 0 saturated heterocycles. The molecule has 1 aromatic rings. The smallest absolute Gasteiger partial charge is 0.305 e. The Balaban J connectivity index is 1.93. The van der Waals surface area contributed by atoms with Gasteiger partial charge in [0.1, 0.15) is 0 Å². The van der Waals surface area contributed by atoms with E-state index in [1.165, 1.54) is 38.5 Å². The van der Waals surface area contributed by atoms with E-state index in [-0.39, 0.29) is 24.8 Å². The molecule has 0 amide bonds. The third-order valence-corrected chi connectivity index (χ3v) is 4.80. The van der Waals surface area contributed by atoms with E-state index in [0.717, 1.165) is 18.4 Å². The van der Waals surface area contributed by atoms with E-state index >= 15 is 0 Å². The minimum Gasteiger partial charge on any atom is -0.466 e. The number of ether oxygens (including phenoxy) is 2. The van der Waals surface area contributed by atoms with Crippen molar-refractivity contribution in [2.75, 3.05) is 13.2 Å². The van der Waals surface area contributed by atoms with Gasteiger partial charge in [-0.25, -0.2) is 0 Å². The summed E-state index contributed by atoms with van der Waals surface area (Å²) < 4.78 is 10.4. The second kappa shape index (κ2) is 16.4. The average Bonchev–Trinajstić information content (AvgIpc) is 2.67. The van der Waals surface area contributed by atoms with Gasteiger partial charge in [0.25, 0.3) is 0 Å². The molecule has 1 rings (SSSR count). The van der Waals surface area contributed by atoms with Gasteiger partial charge in [0, 0.05) is 24.3 Å². The summed E-state index contributed by atoms with van der Waals surface area (Å²) in [4.78, 5) is 23.4. The molecule has 0 N–H and O–H groups in total. The number of carbonyl (C=O) groups is 2. The fraction of sp³-hybridized carbons (Fsp3) is 0.652. The molecule has 0 spiro atoms. The quantitative estimate of drug-likeness (QED) is 0.237. The zero-order valence-electron chi connectivity index (χ0n) is 17.2. The normalized spacial score (nSPS) is 10.6. The highest BCUT2D eigenvalue weighted by molar-refractivity contribution is 6.30. The standard InChI is InChI=1S/C23H35ClO4/c1-2-3-4-5-6-7-8-9-17-27-22(25)14-11-15-23(26)28-18-16-20-12-10-13-21(24)19-20/h10,12-13,19H,2-9,11,14-18H2,1H3. The molecule has 0 unspecified atom stereocenters. The molecule has 0 bridgehead atoms. The summed E-state index contributed by atoms with van der Waals surface area (Å²) in [5.74, 6) is -0.507. The van der Waals surface area contributed by atoms with Crippen molar-refractivity contribution in [3.8, 4) is 0 Å². The van der Waals surface area contributed by atoms with Gasteiger partial charge in [0.15, 0.2) is 0 Å². The Morgan fingerprint density at radius 2 is 1.43 bits per heavy atom. The second-order valence-electron chi connectivity index (χ2n) is 7.15. The third-order valence-electron chi connectivity index (χ3n) is 4.57. The first kappa shape index (κ1) is 24.5. The molecule has 0 radical (unpaired) electrons. The van der Waals surface area contributed by atoms with Crippen LogP contribution >= 0.6 is 11.6 Å². The Hall–Kier alpha value is -1.55. The molecular formula is C23H35ClO4. The number of rotatable bonds is 16. The predicted octanol–water partition coefficient (Wildman–Crippen LogP) is 6.28. The maximum Gasteiger partial charge on any atom is 0.305 e. The van der Waals surface area contributed by atoms with Crippen LogP contribution in [0.2, 0.25) is 5.02 Å². The first-order valence-electron chi connectivity index (χ1n) is 10.7. The van der Waals surface area contributed by atoms with Crippen molar-refractivity contribution in [1.29, 1.82) is 0 Å². The van der Waals surface area contributed by atoms with Gasteiger partial charge < -0.3 is 9.47 Å². The molecule has 0 atom stereocenters. The molecule has 5 heteroatoms. The van der Waals surface area contributed by atoms with Gasteiger partial charge in [-0.1, -0.05) is 75.6 Å². The fourth-order valence-electron chi connectivity index (χ4n) is 2.92. The topological polar surface area (TPSA) is 52.6 Å². The molecule has 0 aliphatic rings. The first-order valence-corrected chi connectivity index (χ1v) is 11.0. The highest BCUT2D eigenvalue weighted by Crippen LogP contribution is 2.11. The predicted molar refractivity (Wildman–Crippen MR) is 114 cm³/mol. The van der Waals surface area contributed by atoms with Crippen molar-refractivity contribution in [2.24, 2.45) is 0 Å². The lowest BCUT2D eigenvalue weighted by atomic mass is 10.1. The molecule has 4 nitrogen and oxygen atoms in total. The number of hydrogen-bond donors (Lipinski definition) is 0. The van der Waals surface area contributed by atoms with Crippen LogP contribution in [0.4, 0.5) is 0 Å². The highest BCUT2D eigenvalue weighted by atomic mass is 35.5. The van der Waals surface area contributed by atoms with Gasteiger partial charge in [-0.2, -0.15) is 0 Å². The molecule has 158 valence electrons. The molecular weight excluding hydrogens is 376 g/mol. The van der Waals surface area contributed by atoms with Gasteiger partial charge in [0.2, 0.25) is 0 Å². The maximum atomic E-state index is 11.7. The number of esters is 2. The van der Waals surface area contributed by atoms with Crippen molar-refractivity contribution in [2.45, 2.75) is 84.0 Å². The van der Waals surface area contributed by atoms with Crippen LogP contribution in [-0.4, -0.2) is 25.2 Å². The van der Waals surface area contributed by atoms with E-state index in [1.807, 2.05) is 24.3 Å². The molecule has 0 heterocycles. The van der Waals surface area contributed by atoms with Crippen LogP contribution in [0.3, 0.4) is 0 Å². The summed E-state index contributed by atoms with van der Waals surface area (Å²) in [6.45, 7) is 3.03. The molecule has 0 aliphatic carbocycles. The fourth-order valence-corrected chi connectivity index (χ4v) is 3.13. The van der Waals surface area contributed by atoms with Crippen molar-refractivity contribution in [3.05, 3.63) is 34.9 Å². The summed E-state index contributed by atoms with van der Waals surface area (Å²) in [6.07, 6.45) is 11.3. The molecule has 0 saturated carbocycles. The largest absolute Gasteiger partial charge is 0.466 e. The molecule has 1 aromatic carbocycles. The zero-order chi connectivity index (χ0) is 20.5. The van der Waals surface area contributed by atoms with Gasteiger partial charge >= 0.3 is 11.9 Å². The lowest BCUT2D eigenvalue weighted by Crippen LogP contribution is -2.10. The lowest BCUT2D eigenvalue weighted by Gasteiger charge is -2.06. The van der Waals surface area contributed by atoms with E-state index in [0.29, 0.717) is 31.1 Å². The molecule has 28 heavy (non-hydrogen) atoms. The second-order valence-corrected chi connectivity index (χ2v) is 7.59. The number of halogens is 1. The minimum absolute atomic E-state index is 0.227. The lowest BCUT2D eigenvalue weighted by molar-refractivity contribution is -0.145. The van der Waals surface area contributed by atoms with E-state index < -0.39 is 0 Å². The van der Waals surface area contributed by atoms with Crippen LogP contribution in [0.25, 0.3) is 0 Å². The summed E-state index contributed by atoms with van der Waals surface area (Å²) in [5, 5.41) is 0.675. The van der Waals surface area contributed by atoms with Gasteiger partial charge in [-0.15, -0.1) is 0 Å². The Morgan fingerprint density at radius 1 is 0.821 bits per heavy atom. The van der Waals surface area contributed by atoms with Crippen molar-refractivity contribution in [3.63, 3.8) is 0 Å². The Morgan fingerprint density at radius 3 is 2.07 bits per heavy atom. The first-order chi connectivity index (χ1) is 13.6. The Kier molecular flexibility index (Phi) is 14.4. The van der Waals surface area contributed by atoms with Crippen LogP contribution < -0.4 is 0 Å². The van der Waals surface area contributed by atoms with Crippen molar-refractivity contribution < 1.29 is 19.1 Å². The third kappa shape index (κ3) is 13.6. The Bertz CT molecular complexity index is 559. The maximum absolute atomic E-state index is 11.7. The Labute approximate surface area is 174 Å². The molecule has 0 aromatic heterocycles.